The van der Waals surface area contributed by atoms with Crippen molar-refractivity contribution in [3.63, 3.8) is 0 Å². The summed E-state index contributed by atoms with van der Waals surface area (Å²) in [5, 5.41) is 10.6. The molecular weight excluding hydrogens is 444 g/mol. The van der Waals surface area contributed by atoms with Crippen molar-refractivity contribution in [2.24, 2.45) is 0 Å². The Balaban J connectivity index is 1.50. The van der Waals surface area contributed by atoms with Gasteiger partial charge in [0.2, 0.25) is 11.9 Å². The van der Waals surface area contributed by atoms with Crippen LogP contribution in [0.5, 0.6) is 11.5 Å². The number of rotatable bonds is 10. The fraction of sp³-hybridized carbons (Fsp3) is 0.577. The zero-order chi connectivity index (χ0) is 24.6. The lowest BCUT2D eigenvalue weighted by Gasteiger charge is -2.39. The second-order valence-corrected chi connectivity index (χ2v) is 9.29. The number of anilines is 2. The highest BCUT2D eigenvalue weighted by Gasteiger charge is 2.27. The molecule has 1 aromatic carbocycles. The molecule has 35 heavy (non-hydrogen) atoms. The summed E-state index contributed by atoms with van der Waals surface area (Å²) in [6, 6.07) is 4.92. The van der Waals surface area contributed by atoms with E-state index in [1.165, 1.54) is 38.2 Å². The highest BCUT2D eigenvalue weighted by atomic mass is 16.5. The minimum Gasteiger partial charge on any atom is -0.493 e. The van der Waals surface area contributed by atoms with Crippen molar-refractivity contribution in [1.29, 1.82) is 0 Å². The van der Waals surface area contributed by atoms with E-state index in [1.54, 1.807) is 14.2 Å². The topological polar surface area (TPSA) is 101 Å². The zero-order valence-corrected chi connectivity index (χ0v) is 20.9. The van der Waals surface area contributed by atoms with E-state index in [9.17, 15) is 4.79 Å². The van der Waals surface area contributed by atoms with Gasteiger partial charge >= 0.3 is 0 Å². The molecule has 190 valence electrons. The number of likely N-dealkylation sites (tertiary alicyclic amines) is 1. The Morgan fingerprint density at radius 1 is 1.06 bits per heavy atom. The molecule has 1 amide bonds. The van der Waals surface area contributed by atoms with E-state index in [0.29, 0.717) is 36.6 Å². The molecular formula is C26H38N6O3. The van der Waals surface area contributed by atoms with Crippen LogP contribution in [-0.2, 0) is 4.79 Å². The van der Waals surface area contributed by atoms with Gasteiger partial charge in [-0.15, -0.1) is 0 Å². The number of methoxy groups -OCH3 is 2. The van der Waals surface area contributed by atoms with Crippen molar-refractivity contribution in [2.75, 3.05) is 51.0 Å². The Morgan fingerprint density at radius 2 is 1.77 bits per heavy atom. The van der Waals surface area contributed by atoms with E-state index >= 15 is 0 Å². The molecule has 1 saturated carbocycles. The van der Waals surface area contributed by atoms with Gasteiger partial charge < -0.3 is 30.3 Å². The first-order valence-electron chi connectivity index (χ1n) is 12.7. The molecule has 9 nitrogen and oxygen atoms in total. The summed E-state index contributed by atoms with van der Waals surface area (Å²) in [5.41, 5.74) is 0.761. The molecule has 1 aliphatic heterocycles. The Bertz CT molecular complexity index is 1020. The summed E-state index contributed by atoms with van der Waals surface area (Å²) in [4.78, 5) is 23.6. The summed E-state index contributed by atoms with van der Waals surface area (Å²) in [6.07, 6.45) is 10.3. The number of aromatic nitrogens is 2. The molecule has 0 atom stereocenters. The predicted octanol–water partition coefficient (Wildman–Crippen LogP) is 3.57. The number of benzene rings is 1. The van der Waals surface area contributed by atoms with Crippen molar-refractivity contribution in [3.05, 3.63) is 24.8 Å². The second kappa shape index (κ2) is 12.1. The number of ether oxygens (including phenoxy) is 2. The lowest BCUT2D eigenvalue weighted by atomic mass is 9.92. The molecule has 0 spiro atoms. The van der Waals surface area contributed by atoms with Crippen molar-refractivity contribution in [1.82, 2.24) is 20.2 Å². The molecule has 1 aliphatic carbocycles. The van der Waals surface area contributed by atoms with Gasteiger partial charge in [0.05, 0.1) is 19.7 Å². The Morgan fingerprint density at radius 3 is 2.46 bits per heavy atom. The molecule has 1 aromatic heterocycles. The molecule has 9 heteroatoms. The minimum atomic E-state index is -0.204. The number of hydrogen-bond donors (Lipinski definition) is 3. The maximum absolute atomic E-state index is 11.4. The summed E-state index contributed by atoms with van der Waals surface area (Å²) >= 11 is 0. The second-order valence-electron chi connectivity index (χ2n) is 9.29. The molecule has 1 saturated heterocycles. The van der Waals surface area contributed by atoms with Crippen LogP contribution < -0.4 is 25.4 Å². The van der Waals surface area contributed by atoms with Gasteiger partial charge in [-0.3, -0.25) is 4.79 Å². The first kappa shape index (κ1) is 25.0. The maximum atomic E-state index is 11.4. The van der Waals surface area contributed by atoms with E-state index in [0.717, 1.165) is 48.7 Å². The highest BCUT2D eigenvalue weighted by molar-refractivity contribution is 5.93. The quantitative estimate of drug-likeness (QED) is 0.349. The van der Waals surface area contributed by atoms with Crippen LogP contribution in [-0.4, -0.2) is 73.3 Å². The van der Waals surface area contributed by atoms with E-state index in [4.69, 9.17) is 14.5 Å². The largest absolute Gasteiger partial charge is 0.493 e. The van der Waals surface area contributed by atoms with Crippen molar-refractivity contribution < 1.29 is 14.3 Å². The summed E-state index contributed by atoms with van der Waals surface area (Å²) in [7, 11) is 3.25. The number of fused-ring (bicyclic) bond motifs is 1. The normalized spacial score (nSPS) is 17.7. The van der Waals surface area contributed by atoms with Crippen molar-refractivity contribution >= 4 is 28.6 Å². The number of nitrogens with zero attached hydrogens (tertiary/aromatic N) is 3. The average molecular weight is 483 g/mol. The number of piperidine rings is 1. The molecule has 3 N–H and O–H groups in total. The number of nitrogens with one attached hydrogen (secondary N) is 3. The van der Waals surface area contributed by atoms with E-state index in [2.05, 4.69) is 32.4 Å². The standard InChI is InChI=1S/C26H38N6O3/c1-4-24(33)27-12-13-28-26-30-21-17-23(35-3)22(34-2)16-20(21)25(31-26)29-18-10-14-32(15-11-18)19-8-6-5-7-9-19/h4,16-19H,1,5-15H2,2-3H3,(H,27,33)(H2,28,29,30,31). The summed E-state index contributed by atoms with van der Waals surface area (Å²) in [6.45, 7) is 6.66. The van der Waals surface area contributed by atoms with Crippen LogP contribution in [0.4, 0.5) is 11.8 Å². The van der Waals surface area contributed by atoms with E-state index < -0.39 is 0 Å². The molecule has 2 heterocycles. The SMILES string of the molecule is C=CC(=O)NCCNc1nc(NC2CCN(C3CCCCC3)CC2)c2cc(OC)c(OC)cc2n1. The van der Waals surface area contributed by atoms with Gasteiger partial charge in [-0.1, -0.05) is 25.8 Å². The smallest absolute Gasteiger partial charge is 0.243 e. The third-order valence-electron chi connectivity index (χ3n) is 7.06. The van der Waals surface area contributed by atoms with Gasteiger partial charge in [-0.05, 0) is 37.8 Å². The number of amides is 1. The van der Waals surface area contributed by atoms with E-state index in [1.807, 2.05) is 12.1 Å². The summed E-state index contributed by atoms with van der Waals surface area (Å²) in [5.74, 6) is 2.34. The molecule has 0 bridgehead atoms. The van der Waals surface area contributed by atoms with Crippen molar-refractivity contribution in [3.8, 4) is 11.5 Å². The van der Waals surface area contributed by atoms with Gasteiger partial charge in [0.1, 0.15) is 5.82 Å². The lowest BCUT2D eigenvalue weighted by Crippen LogP contribution is -2.45. The minimum absolute atomic E-state index is 0.204. The lowest BCUT2D eigenvalue weighted by molar-refractivity contribution is -0.116. The van der Waals surface area contributed by atoms with Gasteiger partial charge in [-0.25, -0.2) is 4.98 Å². The van der Waals surface area contributed by atoms with Crippen LogP contribution in [0, 0.1) is 0 Å². The Hall–Kier alpha value is -3.07. The van der Waals surface area contributed by atoms with Crippen LogP contribution in [0.2, 0.25) is 0 Å². The average Bonchev–Trinajstić information content (AvgIpc) is 2.91. The Kier molecular flexibility index (Phi) is 8.63. The number of hydrogen-bond acceptors (Lipinski definition) is 8. The molecule has 2 aromatic rings. The first-order chi connectivity index (χ1) is 17.1. The molecule has 2 aliphatic rings. The third kappa shape index (κ3) is 6.33. The molecule has 2 fully saturated rings. The fourth-order valence-electron chi connectivity index (χ4n) is 5.13. The van der Waals surface area contributed by atoms with Crippen LogP contribution in [0.15, 0.2) is 24.8 Å². The van der Waals surface area contributed by atoms with Crippen LogP contribution >= 0.6 is 0 Å². The highest BCUT2D eigenvalue weighted by Crippen LogP contribution is 2.35. The van der Waals surface area contributed by atoms with Gasteiger partial charge in [-0.2, -0.15) is 4.98 Å². The number of carbonyl (C=O) groups excluding carboxylic acids is 1. The fourth-order valence-corrected chi connectivity index (χ4v) is 5.13. The van der Waals surface area contributed by atoms with E-state index in [-0.39, 0.29) is 5.91 Å². The molecule has 4 rings (SSSR count). The molecule has 0 radical (unpaired) electrons. The van der Waals surface area contributed by atoms with Gasteiger partial charge in [0.25, 0.3) is 0 Å². The number of carbonyl (C=O) groups is 1. The Labute approximate surface area is 207 Å². The van der Waals surface area contributed by atoms with Crippen LogP contribution in [0.25, 0.3) is 10.9 Å². The zero-order valence-electron chi connectivity index (χ0n) is 20.9. The predicted molar refractivity (Wildman–Crippen MR) is 139 cm³/mol. The molecule has 0 unspecified atom stereocenters. The van der Waals surface area contributed by atoms with Crippen LogP contribution in [0.1, 0.15) is 44.9 Å². The van der Waals surface area contributed by atoms with Gasteiger partial charge in [0, 0.05) is 49.7 Å². The van der Waals surface area contributed by atoms with Gasteiger partial charge in [0.15, 0.2) is 11.5 Å². The maximum Gasteiger partial charge on any atom is 0.243 e. The first-order valence-corrected chi connectivity index (χ1v) is 12.7. The monoisotopic (exact) mass is 482 g/mol. The third-order valence-corrected chi connectivity index (χ3v) is 7.06. The van der Waals surface area contributed by atoms with Crippen molar-refractivity contribution in [2.45, 2.75) is 57.0 Å². The summed E-state index contributed by atoms with van der Waals surface area (Å²) < 4.78 is 11.0. The van der Waals surface area contributed by atoms with Crippen LogP contribution in [0.3, 0.4) is 0 Å².